The van der Waals surface area contributed by atoms with E-state index < -0.39 is 6.10 Å². The van der Waals surface area contributed by atoms with Gasteiger partial charge in [-0.25, -0.2) is 0 Å². The Bertz CT molecular complexity index is 487. The van der Waals surface area contributed by atoms with Crippen LogP contribution in [0.15, 0.2) is 0 Å². The Hall–Kier alpha value is -1.58. The molecule has 8 nitrogen and oxygen atoms in total. The average Bonchev–Trinajstić information content (AvgIpc) is 2.95. The maximum absolute atomic E-state index is 11.9. The number of nitrogens with zero attached hydrogens (tertiary/aromatic N) is 2. The Kier molecular flexibility index (Phi) is 6.03. The van der Waals surface area contributed by atoms with Gasteiger partial charge in [0.15, 0.2) is 0 Å². The summed E-state index contributed by atoms with van der Waals surface area (Å²) in [5.74, 6) is -0.463. The van der Waals surface area contributed by atoms with Crippen LogP contribution < -0.4 is 10.6 Å². The summed E-state index contributed by atoms with van der Waals surface area (Å²) in [7, 11) is 1.36. The van der Waals surface area contributed by atoms with E-state index in [9.17, 15) is 9.59 Å². The second kappa shape index (κ2) is 8.01. The minimum absolute atomic E-state index is 0.223. The molecule has 116 valence electrons. The van der Waals surface area contributed by atoms with Crippen molar-refractivity contribution in [2.45, 2.75) is 25.4 Å². The molecule has 1 aliphatic heterocycles. The van der Waals surface area contributed by atoms with Gasteiger partial charge in [0.1, 0.15) is 11.1 Å². The SMILES string of the molecule is COC(=O)CCCc1nnc(NC(=O)C2CNCCO2)s1. The van der Waals surface area contributed by atoms with Crippen LogP contribution in [0.4, 0.5) is 5.13 Å². The topological polar surface area (TPSA) is 102 Å². The number of methoxy groups -OCH3 is 1. The number of aromatic nitrogens is 2. The number of hydrogen-bond donors (Lipinski definition) is 2. The molecule has 1 aliphatic rings. The number of amides is 1. The van der Waals surface area contributed by atoms with Gasteiger partial charge in [-0.05, 0) is 6.42 Å². The first-order chi connectivity index (χ1) is 10.2. The molecule has 2 rings (SSSR count). The number of anilines is 1. The minimum atomic E-state index is -0.495. The smallest absolute Gasteiger partial charge is 0.305 e. The van der Waals surface area contributed by atoms with E-state index in [0.29, 0.717) is 37.5 Å². The normalized spacial score (nSPS) is 18.2. The summed E-state index contributed by atoms with van der Waals surface area (Å²) < 4.78 is 9.92. The van der Waals surface area contributed by atoms with Gasteiger partial charge in [-0.15, -0.1) is 10.2 Å². The molecule has 2 heterocycles. The predicted octanol–water partition coefficient (Wildman–Crippen LogP) is -0.0393. The second-order valence-corrected chi connectivity index (χ2v) is 5.55. The predicted molar refractivity (Wildman–Crippen MR) is 76.1 cm³/mol. The fraction of sp³-hybridized carbons (Fsp3) is 0.667. The van der Waals surface area contributed by atoms with E-state index in [1.54, 1.807) is 0 Å². The zero-order chi connectivity index (χ0) is 15.1. The Balaban J connectivity index is 1.76. The van der Waals surface area contributed by atoms with E-state index in [0.717, 1.165) is 11.6 Å². The molecular formula is C12H18N4O4S. The third kappa shape index (κ3) is 5.03. The maximum atomic E-state index is 11.9. The Morgan fingerprint density at radius 1 is 1.52 bits per heavy atom. The Morgan fingerprint density at radius 3 is 3.10 bits per heavy atom. The number of ether oxygens (including phenoxy) is 2. The summed E-state index contributed by atoms with van der Waals surface area (Å²) in [4.78, 5) is 22.9. The summed E-state index contributed by atoms with van der Waals surface area (Å²) >= 11 is 1.30. The molecule has 9 heteroatoms. The van der Waals surface area contributed by atoms with Crippen molar-refractivity contribution >= 4 is 28.3 Å². The van der Waals surface area contributed by atoms with Gasteiger partial charge in [-0.3, -0.25) is 14.9 Å². The first-order valence-electron chi connectivity index (χ1n) is 6.71. The average molecular weight is 314 g/mol. The van der Waals surface area contributed by atoms with Crippen molar-refractivity contribution in [3.8, 4) is 0 Å². The molecule has 21 heavy (non-hydrogen) atoms. The number of esters is 1. The number of carbonyl (C=O) groups is 2. The first-order valence-corrected chi connectivity index (χ1v) is 7.53. The fourth-order valence-electron chi connectivity index (χ4n) is 1.81. The van der Waals surface area contributed by atoms with E-state index in [-0.39, 0.29) is 11.9 Å². The lowest BCUT2D eigenvalue weighted by Gasteiger charge is -2.21. The molecule has 1 aromatic rings. The van der Waals surface area contributed by atoms with Crippen LogP contribution in [-0.2, 0) is 25.5 Å². The van der Waals surface area contributed by atoms with Gasteiger partial charge in [0, 0.05) is 25.9 Å². The molecule has 0 aliphatic carbocycles. The molecule has 2 N–H and O–H groups in total. The lowest BCUT2D eigenvalue weighted by atomic mass is 10.2. The molecule has 0 bridgehead atoms. The van der Waals surface area contributed by atoms with E-state index in [1.807, 2.05) is 0 Å². The second-order valence-electron chi connectivity index (χ2n) is 4.48. The van der Waals surface area contributed by atoms with Crippen LogP contribution in [0.25, 0.3) is 0 Å². The summed E-state index contributed by atoms with van der Waals surface area (Å²) in [6, 6.07) is 0. The van der Waals surface area contributed by atoms with Crippen LogP contribution in [0, 0.1) is 0 Å². The number of nitrogens with one attached hydrogen (secondary N) is 2. The molecule has 1 amide bonds. The zero-order valence-electron chi connectivity index (χ0n) is 11.8. The number of hydrogen-bond acceptors (Lipinski definition) is 8. The number of aryl methyl sites for hydroxylation is 1. The summed E-state index contributed by atoms with van der Waals surface area (Å²) in [5.41, 5.74) is 0. The van der Waals surface area contributed by atoms with E-state index in [2.05, 4.69) is 25.6 Å². The maximum Gasteiger partial charge on any atom is 0.305 e. The van der Waals surface area contributed by atoms with Crippen molar-refractivity contribution in [2.24, 2.45) is 0 Å². The number of rotatable bonds is 6. The molecule has 0 saturated carbocycles. The van der Waals surface area contributed by atoms with Crippen LogP contribution in [0.5, 0.6) is 0 Å². The van der Waals surface area contributed by atoms with Crippen LogP contribution in [-0.4, -0.2) is 55.0 Å². The molecule has 1 aromatic heterocycles. The molecule has 1 fully saturated rings. The lowest BCUT2D eigenvalue weighted by Crippen LogP contribution is -2.45. The third-order valence-corrected chi connectivity index (χ3v) is 3.81. The van der Waals surface area contributed by atoms with E-state index in [1.165, 1.54) is 18.4 Å². The van der Waals surface area contributed by atoms with Gasteiger partial charge in [-0.1, -0.05) is 11.3 Å². The quantitative estimate of drug-likeness (QED) is 0.710. The van der Waals surface area contributed by atoms with Gasteiger partial charge in [0.25, 0.3) is 5.91 Å². The van der Waals surface area contributed by atoms with Crippen LogP contribution >= 0.6 is 11.3 Å². The van der Waals surface area contributed by atoms with E-state index in [4.69, 9.17) is 4.74 Å². The fourth-order valence-corrected chi connectivity index (χ4v) is 2.60. The third-order valence-electron chi connectivity index (χ3n) is 2.92. The number of morpholine rings is 1. The van der Waals surface area contributed by atoms with Crippen molar-refractivity contribution in [3.05, 3.63) is 5.01 Å². The Morgan fingerprint density at radius 2 is 2.38 bits per heavy atom. The van der Waals surface area contributed by atoms with Crippen LogP contribution in [0.2, 0.25) is 0 Å². The highest BCUT2D eigenvalue weighted by atomic mass is 32.1. The van der Waals surface area contributed by atoms with Crippen molar-refractivity contribution in [2.75, 3.05) is 32.1 Å². The largest absolute Gasteiger partial charge is 0.469 e. The van der Waals surface area contributed by atoms with Crippen LogP contribution in [0.3, 0.4) is 0 Å². The van der Waals surface area contributed by atoms with Gasteiger partial charge >= 0.3 is 5.97 Å². The molecule has 1 atom stereocenters. The minimum Gasteiger partial charge on any atom is -0.469 e. The van der Waals surface area contributed by atoms with E-state index >= 15 is 0 Å². The molecule has 1 unspecified atom stereocenters. The summed E-state index contributed by atoms with van der Waals surface area (Å²) in [5, 5.41) is 14.9. The van der Waals surface area contributed by atoms with Gasteiger partial charge in [0.2, 0.25) is 5.13 Å². The molecule has 0 aromatic carbocycles. The summed E-state index contributed by atoms with van der Waals surface area (Å²) in [6.45, 7) is 1.77. The standard InChI is InChI=1S/C12H18N4O4S/c1-19-10(17)4-2-3-9-15-16-12(21-9)14-11(18)8-7-13-5-6-20-8/h8,13H,2-7H2,1H3,(H,14,16,18). The highest BCUT2D eigenvalue weighted by molar-refractivity contribution is 7.15. The van der Waals surface area contributed by atoms with Gasteiger partial charge in [-0.2, -0.15) is 0 Å². The monoisotopic (exact) mass is 314 g/mol. The van der Waals surface area contributed by atoms with Crippen molar-refractivity contribution in [1.82, 2.24) is 15.5 Å². The Labute approximate surface area is 126 Å². The van der Waals surface area contributed by atoms with Gasteiger partial charge in [0.05, 0.1) is 13.7 Å². The first kappa shape index (κ1) is 15.8. The molecular weight excluding hydrogens is 296 g/mol. The highest BCUT2D eigenvalue weighted by Gasteiger charge is 2.22. The summed E-state index contributed by atoms with van der Waals surface area (Å²) in [6.07, 6.45) is 1.12. The zero-order valence-corrected chi connectivity index (χ0v) is 12.6. The lowest BCUT2D eigenvalue weighted by molar-refractivity contribution is -0.140. The van der Waals surface area contributed by atoms with Gasteiger partial charge < -0.3 is 14.8 Å². The molecule has 0 radical (unpaired) electrons. The van der Waals surface area contributed by atoms with Crippen molar-refractivity contribution in [1.29, 1.82) is 0 Å². The van der Waals surface area contributed by atoms with Crippen LogP contribution in [0.1, 0.15) is 17.8 Å². The molecule has 0 spiro atoms. The van der Waals surface area contributed by atoms with Crippen molar-refractivity contribution < 1.29 is 19.1 Å². The highest BCUT2D eigenvalue weighted by Crippen LogP contribution is 2.17. The number of carbonyl (C=O) groups excluding carboxylic acids is 2. The van der Waals surface area contributed by atoms with Crippen molar-refractivity contribution in [3.63, 3.8) is 0 Å². The molecule has 1 saturated heterocycles.